The molecule has 1 fully saturated rings. The Kier molecular flexibility index (Phi) is 5.04. The highest BCUT2D eigenvalue weighted by molar-refractivity contribution is 7.89. The van der Waals surface area contributed by atoms with Crippen LogP contribution < -0.4 is 4.74 Å². The lowest BCUT2D eigenvalue weighted by Gasteiger charge is -2.37. The van der Waals surface area contributed by atoms with Crippen LogP contribution in [0.3, 0.4) is 0 Å². The largest absolute Gasteiger partial charge is 0.472 e. The average molecular weight is 426 g/mol. The molecule has 0 radical (unpaired) electrons. The predicted octanol–water partition coefficient (Wildman–Crippen LogP) is 3.57. The van der Waals surface area contributed by atoms with Crippen LogP contribution in [0.25, 0.3) is 0 Å². The van der Waals surface area contributed by atoms with E-state index in [-0.39, 0.29) is 19.0 Å². The first-order chi connectivity index (χ1) is 12.9. The Morgan fingerprint density at radius 1 is 0.964 bits per heavy atom. The van der Waals surface area contributed by atoms with Crippen molar-refractivity contribution < 1.29 is 39.5 Å². The van der Waals surface area contributed by atoms with Gasteiger partial charge in [-0.25, -0.2) is 13.4 Å². The van der Waals surface area contributed by atoms with Crippen LogP contribution in [-0.2, 0) is 22.4 Å². The van der Waals surface area contributed by atoms with Crippen LogP contribution in [0.4, 0.5) is 26.3 Å². The molecule has 0 saturated carbocycles. The number of benzene rings is 1. The van der Waals surface area contributed by atoms with E-state index in [1.165, 1.54) is 0 Å². The van der Waals surface area contributed by atoms with Gasteiger partial charge in [-0.3, -0.25) is 0 Å². The van der Waals surface area contributed by atoms with Crippen molar-refractivity contribution in [3.8, 4) is 5.88 Å². The standard InChI is InChI=1S/C16H12F6N2O3S/c17-15(18,19)10-2-1-3-13(6-10)28(25,26)24-8-12(9-24)27-14-7-11(4-5-23-14)16(20,21)22/h1-7,12H,8-9H2. The SMILES string of the molecule is O=S(=O)(c1cccc(C(F)(F)F)c1)N1CC(Oc2cc(C(F)(F)F)ccn2)C1. The first kappa shape index (κ1) is 20.4. The van der Waals surface area contributed by atoms with Gasteiger partial charge in [0.1, 0.15) is 6.10 Å². The number of rotatable bonds is 4. The molecule has 0 unspecified atom stereocenters. The van der Waals surface area contributed by atoms with E-state index >= 15 is 0 Å². The monoisotopic (exact) mass is 426 g/mol. The summed E-state index contributed by atoms with van der Waals surface area (Å²) in [6.07, 6.45) is -9.13. The van der Waals surface area contributed by atoms with Gasteiger partial charge >= 0.3 is 12.4 Å². The van der Waals surface area contributed by atoms with E-state index in [2.05, 4.69) is 4.98 Å². The topological polar surface area (TPSA) is 59.5 Å². The maximum absolute atomic E-state index is 12.8. The van der Waals surface area contributed by atoms with E-state index in [0.29, 0.717) is 12.1 Å². The van der Waals surface area contributed by atoms with Gasteiger partial charge in [0.25, 0.3) is 0 Å². The van der Waals surface area contributed by atoms with E-state index < -0.39 is 44.5 Å². The number of sulfonamides is 1. The zero-order valence-electron chi connectivity index (χ0n) is 13.8. The third kappa shape index (κ3) is 4.22. The number of hydrogen-bond donors (Lipinski definition) is 0. The first-order valence-electron chi connectivity index (χ1n) is 7.75. The van der Waals surface area contributed by atoms with Crippen LogP contribution in [0.1, 0.15) is 11.1 Å². The fourth-order valence-electron chi connectivity index (χ4n) is 2.47. The summed E-state index contributed by atoms with van der Waals surface area (Å²) in [6, 6.07) is 4.74. The van der Waals surface area contributed by atoms with E-state index in [4.69, 9.17) is 4.74 Å². The highest BCUT2D eigenvalue weighted by Crippen LogP contribution is 2.33. The minimum absolute atomic E-state index is 0.226. The van der Waals surface area contributed by atoms with Gasteiger partial charge in [-0.15, -0.1) is 0 Å². The summed E-state index contributed by atoms with van der Waals surface area (Å²) in [5.41, 5.74) is -2.07. The van der Waals surface area contributed by atoms with Crippen molar-refractivity contribution in [2.45, 2.75) is 23.4 Å². The van der Waals surface area contributed by atoms with Gasteiger partial charge in [-0.1, -0.05) is 6.07 Å². The second-order valence-corrected chi connectivity index (χ2v) is 7.91. The molecular formula is C16H12F6N2O3S. The molecule has 1 aromatic carbocycles. The smallest absolute Gasteiger partial charge is 0.416 e. The highest BCUT2D eigenvalue weighted by Gasteiger charge is 2.40. The summed E-state index contributed by atoms with van der Waals surface area (Å²) in [6.45, 7) is -0.451. The fraction of sp³-hybridized carbons (Fsp3) is 0.312. The molecule has 3 rings (SSSR count). The Morgan fingerprint density at radius 3 is 2.18 bits per heavy atom. The molecule has 0 spiro atoms. The Morgan fingerprint density at radius 2 is 1.57 bits per heavy atom. The van der Waals surface area contributed by atoms with Crippen molar-refractivity contribution in [3.63, 3.8) is 0 Å². The van der Waals surface area contributed by atoms with Crippen LogP contribution in [-0.4, -0.2) is 36.9 Å². The minimum atomic E-state index is -4.69. The maximum atomic E-state index is 12.8. The van der Waals surface area contributed by atoms with Crippen molar-refractivity contribution >= 4 is 10.0 Å². The van der Waals surface area contributed by atoms with Gasteiger partial charge in [0.05, 0.1) is 29.1 Å². The second-order valence-electron chi connectivity index (χ2n) is 5.97. The zero-order chi connectivity index (χ0) is 20.7. The zero-order valence-corrected chi connectivity index (χ0v) is 14.6. The summed E-state index contributed by atoms with van der Waals surface area (Å²) in [7, 11) is -4.19. The van der Waals surface area contributed by atoms with E-state index in [0.717, 1.165) is 34.8 Å². The van der Waals surface area contributed by atoms with Crippen molar-refractivity contribution in [1.82, 2.24) is 9.29 Å². The lowest BCUT2D eigenvalue weighted by Crippen LogP contribution is -2.56. The molecule has 1 aromatic heterocycles. The van der Waals surface area contributed by atoms with Crippen LogP contribution in [0.2, 0.25) is 0 Å². The third-order valence-corrected chi connectivity index (χ3v) is 5.79. The van der Waals surface area contributed by atoms with Crippen LogP contribution in [0.5, 0.6) is 5.88 Å². The molecule has 5 nitrogen and oxygen atoms in total. The van der Waals surface area contributed by atoms with Crippen LogP contribution in [0.15, 0.2) is 47.5 Å². The number of halogens is 6. The minimum Gasteiger partial charge on any atom is -0.472 e. The van der Waals surface area contributed by atoms with Gasteiger partial charge in [0, 0.05) is 12.3 Å². The molecule has 0 bridgehead atoms. The second kappa shape index (κ2) is 6.92. The summed E-state index contributed by atoms with van der Waals surface area (Å²) >= 11 is 0. The van der Waals surface area contributed by atoms with Gasteiger partial charge in [0.15, 0.2) is 0 Å². The number of hydrogen-bond acceptors (Lipinski definition) is 4. The van der Waals surface area contributed by atoms with Crippen molar-refractivity contribution in [3.05, 3.63) is 53.7 Å². The van der Waals surface area contributed by atoms with E-state index in [1.54, 1.807) is 0 Å². The fourth-order valence-corrected chi connectivity index (χ4v) is 4.02. The molecule has 0 N–H and O–H groups in total. The molecule has 1 aliphatic heterocycles. The van der Waals surface area contributed by atoms with E-state index in [1.807, 2.05) is 0 Å². The molecular weight excluding hydrogens is 414 g/mol. The normalized spacial score (nSPS) is 16.6. The van der Waals surface area contributed by atoms with Crippen LogP contribution >= 0.6 is 0 Å². The molecule has 12 heteroatoms. The van der Waals surface area contributed by atoms with E-state index in [9.17, 15) is 34.8 Å². The van der Waals surface area contributed by atoms with Crippen molar-refractivity contribution in [2.24, 2.45) is 0 Å². The summed E-state index contributed by atoms with van der Waals surface area (Å²) in [4.78, 5) is 3.11. The molecule has 0 amide bonds. The summed E-state index contributed by atoms with van der Waals surface area (Å²) < 4.78 is 107. The number of alkyl halides is 6. The lowest BCUT2D eigenvalue weighted by atomic mass is 10.2. The predicted molar refractivity (Wildman–Crippen MR) is 83.9 cm³/mol. The number of pyridine rings is 1. The maximum Gasteiger partial charge on any atom is 0.416 e. The molecule has 0 atom stereocenters. The van der Waals surface area contributed by atoms with Crippen molar-refractivity contribution in [1.29, 1.82) is 0 Å². The Hall–Kier alpha value is -2.34. The molecule has 0 aliphatic carbocycles. The molecule has 152 valence electrons. The third-order valence-electron chi connectivity index (χ3n) is 3.96. The van der Waals surface area contributed by atoms with Crippen molar-refractivity contribution in [2.75, 3.05) is 13.1 Å². The number of aromatic nitrogens is 1. The highest BCUT2D eigenvalue weighted by atomic mass is 32.2. The van der Waals surface area contributed by atoms with Gasteiger partial charge in [-0.2, -0.15) is 30.6 Å². The lowest BCUT2D eigenvalue weighted by molar-refractivity contribution is -0.138. The quantitative estimate of drug-likeness (QED) is 0.702. The summed E-state index contributed by atoms with van der Waals surface area (Å²) in [5.74, 6) is -0.323. The molecule has 2 aromatic rings. The average Bonchev–Trinajstić information content (AvgIpc) is 2.56. The Labute approximate surface area is 155 Å². The molecule has 1 saturated heterocycles. The molecule has 1 aliphatic rings. The number of nitrogens with zero attached hydrogens (tertiary/aromatic N) is 2. The first-order valence-corrected chi connectivity index (χ1v) is 9.19. The summed E-state index contributed by atoms with van der Waals surface area (Å²) in [5, 5.41) is 0. The van der Waals surface area contributed by atoms with Gasteiger partial charge in [-0.05, 0) is 24.3 Å². The van der Waals surface area contributed by atoms with Gasteiger partial charge < -0.3 is 4.74 Å². The molecule has 28 heavy (non-hydrogen) atoms. The molecule has 2 heterocycles. The number of ether oxygens (including phenoxy) is 1. The van der Waals surface area contributed by atoms with Gasteiger partial charge in [0.2, 0.25) is 15.9 Å². The Bertz CT molecular complexity index is 969. The van der Waals surface area contributed by atoms with Crippen LogP contribution in [0, 0.1) is 0 Å². The Balaban J connectivity index is 1.68.